The minimum absolute atomic E-state index is 0.0464. The summed E-state index contributed by atoms with van der Waals surface area (Å²) in [5.41, 5.74) is 3.86. The summed E-state index contributed by atoms with van der Waals surface area (Å²) in [6, 6.07) is 15.4. The average Bonchev–Trinajstić information content (AvgIpc) is 3.01. The van der Waals surface area contributed by atoms with E-state index in [0.29, 0.717) is 23.9 Å². The van der Waals surface area contributed by atoms with Crippen LogP contribution in [0.3, 0.4) is 0 Å². The number of para-hydroxylation sites is 1. The molecular formula is C20H18ClN3O2. The van der Waals surface area contributed by atoms with E-state index >= 15 is 0 Å². The smallest absolute Gasteiger partial charge is 0.226 e. The first-order valence-corrected chi connectivity index (χ1v) is 8.81. The summed E-state index contributed by atoms with van der Waals surface area (Å²) in [6.45, 7) is 2.33. The number of nitrogens with zero attached hydrogens (tertiary/aromatic N) is 1. The van der Waals surface area contributed by atoms with E-state index in [4.69, 9.17) is 16.3 Å². The molecule has 0 aliphatic carbocycles. The number of benzene rings is 2. The molecule has 1 aliphatic rings. The van der Waals surface area contributed by atoms with Crippen molar-refractivity contribution >= 4 is 23.3 Å². The number of fused-ring (bicyclic) bond motifs is 1. The van der Waals surface area contributed by atoms with Crippen LogP contribution >= 0.6 is 11.6 Å². The first kappa shape index (κ1) is 16.7. The lowest BCUT2D eigenvalue weighted by atomic mass is 9.85. The molecule has 0 radical (unpaired) electrons. The van der Waals surface area contributed by atoms with Gasteiger partial charge < -0.3 is 10.1 Å². The molecule has 2 aromatic carbocycles. The summed E-state index contributed by atoms with van der Waals surface area (Å²) in [6.07, 6.45) is 0.361. The van der Waals surface area contributed by atoms with Crippen molar-refractivity contribution in [3.05, 3.63) is 75.9 Å². The molecule has 1 unspecified atom stereocenters. The van der Waals surface area contributed by atoms with Crippen LogP contribution in [0, 0.1) is 6.92 Å². The summed E-state index contributed by atoms with van der Waals surface area (Å²) in [7, 11) is 0. The van der Waals surface area contributed by atoms with Crippen LogP contribution in [-0.4, -0.2) is 16.1 Å². The van der Waals surface area contributed by atoms with Crippen LogP contribution in [0.5, 0.6) is 5.75 Å². The minimum atomic E-state index is -0.0973. The van der Waals surface area contributed by atoms with Crippen LogP contribution in [0.2, 0.25) is 5.02 Å². The number of halogens is 1. The highest BCUT2D eigenvalue weighted by atomic mass is 35.5. The molecule has 0 saturated carbocycles. The third kappa shape index (κ3) is 3.06. The molecule has 1 aliphatic heterocycles. The quantitative estimate of drug-likeness (QED) is 0.717. The summed E-state index contributed by atoms with van der Waals surface area (Å²) < 4.78 is 6.08. The van der Waals surface area contributed by atoms with Crippen molar-refractivity contribution in [3.63, 3.8) is 0 Å². The number of amides is 1. The molecule has 2 N–H and O–H groups in total. The Balaban J connectivity index is 1.67. The molecule has 1 aromatic heterocycles. The highest BCUT2D eigenvalue weighted by Gasteiger charge is 2.32. The van der Waals surface area contributed by atoms with Crippen LogP contribution in [0.1, 0.15) is 34.7 Å². The Morgan fingerprint density at radius 2 is 1.96 bits per heavy atom. The lowest BCUT2D eigenvalue weighted by Crippen LogP contribution is -2.23. The maximum Gasteiger partial charge on any atom is 0.226 e. The molecule has 132 valence electrons. The molecule has 6 heteroatoms. The molecule has 2 heterocycles. The van der Waals surface area contributed by atoms with Crippen LogP contribution in [0.15, 0.2) is 48.5 Å². The van der Waals surface area contributed by atoms with E-state index < -0.39 is 0 Å². The van der Waals surface area contributed by atoms with Gasteiger partial charge in [0.25, 0.3) is 0 Å². The number of H-pyrrole nitrogens is 1. The van der Waals surface area contributed by atoms with Gasteiger partial charge in [-0.15, -0.1) is 0 Å². The molecule has 0 spiro atoms. The van der Waals surface area contributed by atoms with Crippen LogP contribution < -0.4 is 10.1 Å². The van der Waals surface area contributed by atoms with Crippen molar-refractivity contribution in [2.24, 2.45) is 0 Å². The normalized spacial score (nSPS) is 16.1. The van der Waals surface area contributed by atoms with Gasteiger partial charge in [0, 0.05) is 39.7 Å². The van der Waals surface area contributed by atoms with E-state index in [0.717, 1.165) is 28.1 Å². The summed E-state index contributed by atoms with van der Waals surface area (Å²) in [4.78, 5) is 12.1. The van der Waals surface area contributed by atoms with Crippen molar-refractivity contribution in [3.8, 4) is 5.75 Å². The van der Waals surface area contributed by atoms with Gasteiger partial charge in [-0.1, -0.05) is 48.0 Å². The van der Waals surface area contributed by atoms with E-state index in [1.165, 1.54) is 0 Å². The Hall–Kier alpha value is -2.79. The number of hydrogen-bond donors (Lipinski definition) is 2. The lowest BCUT2D eigenvalue weighted by molar-refractivity contribution is -0.116. The SMILES string of the molecule is Cc1[nH]nc2c1C(c1ccccc1OCc1ccccc1Cl)CC(=O)N2. The number of anilines is 1. The van der Waals surface area contributed by atoms with Crippen LogP contribution in [-0.2, 0) is 11.4 Å². The van der Waals surface area contributed by atoms with Gasteiger partial charge in [0.2, 0.25) is 5.91 Å². The molecule has 26 heavy (non-hydrogen) atoms. The van der Waals surface area contributed by atoms with Crippen molar-refractivity contribution in [1.29, 1.82) is 0 Å². The first-order chi connectivity index (χ1) is 12.6. The van der Waals surface area contributed by atoms with Crippen molar-refractivity contribution in [1.82, 2.24) is 10.2 Å². The average molecular weight is 368 g/mol. The van der Waals surface area contributed by atoms with Crippen molar-refractivity contribution in [2.75, 3.05) is 5.32 Å². The second-order valence-electron chi connectivity index (χ2n) is 6.33. The van der Waals surface area contributed by atoms with Gasteiger partial charge >= 0.3 is 0 Å². The number of rotatable bonds is 4. The standard InChI is InChI=1S/C20H18ClN3O2/c1-12-19-15(10-18(25)22-20(19)24-23-12)14-7-3-5-9-17(14)26-11-13-6-2-4-8-16(13)21/h2-9,15H,10-11H2,1H3,(H2,22,23,24,25). The highest BCUT2D eigenvalue weighted by Crippen LogP contribution is 2.41. The highest BCUT2D eigenvalue weighted by molar-refractivity contribution is 6.31. The van der Waals surface area contributed by atoms with E-state index in [2.05, 4.69) is 15.5 Å². The molecule has 3 aromatic rings. The molecule has 0 fully saturated rings. The number of aromatic nitrogens is 2. The van der Waals surface area contributed by atoms with E-state index in [-0.39, 0.29) is 11.8 Å². The maximum atomic E-state index is 12.1. The van der Waals surface area contributed by atoms with Gasteiger partial charge in [-0.25, -0.2) is 0 Å². The predicted molar refractivity (Wildman–Crippen MR) is 101 cm³/mol. The maximum absolute atomic E-state index is 12.1. The molecule has 5 nitrogen and oxygen atoms in total. The zero-order chi connectivity index (χ0) is 18.1. The lowest BCUT2D eigenvalue weighted by Gasteiger charge is -2.25. The van der Waals surface area contributed by atoms with E-state index in [1.54, 1.807) is 0 Å². The number of aromatic amines is 1. The number of hydrogen-bond acceptors (Lipinski definition) is 3. The van der Waals surface area contributed by atoms with Crippen molar-refractivity contribution in [2.45, 2.75) is 25.9 Å². The van der Waals surface area contributed by atoms with Gasteiger partial charge in [-0.2, -0.15) is 5.10 Å². The first-order valence-electron chi connectivity index (χ1n) is 8.43. The molecule has 0 saturated heterocycles. The Morgan fingerprint density at radius 3 is 2.81 bits per heavy atom. The van der Waals surface area contributed by atoms with Gasteiger partial charge in [-0.3, -0.25) is 9.89 Å². The fourth-order valence-electron chi connectivity index (χ4n) is 3.37. The van der Waals surface area contributed by atoms with Gasteiger partial charge in [-0.05, 0) is 19.1 Å². The third-order valence-corrected chi connectivity index (χ3v) is 4.99. The van der Waals surface area contributed by atoms with Gasteiger partial charge in [0.15, 0.2) is 5.82 Å². The number of carbonyl (C=O) groups excluding carboxylic acids is 1. The zero-order valence-electron chi connectivity index (χ0n) is 14.3. The van der Waals surface area contributed by atoms with Gasteiger partial charge in [0.05, 0.1) is 0 Å². The number of aryl methyl sites for hydroxylation is 1. The fraction of sp³-hybridized carbons (Fsp3) is 0.200. The molecule has 1 atom stereocenters. The van der Waals surface area contributed by atoms with E-state index in [9.17, 15) is 4.79 Å². The van der Waals surface area contributed by atoms with E-state index in [1.807, 2.05) is 55.5 Å². The van der Waals surface area contributed by atoms with Crippen LogP contribution in [0.4, 0.5) is 5.82 Å². The monoisotopic (exact) mass is 367 g/mol. The third-order valence-electron chi connectivity index (χ3n) is 4.63. The largest absolute Gasteiger partial charge is 0.489 e. The Morgan fingerprint density at radius 1 is 1.19 bits per heavy atom. The van der Waals surface area contributed by atoms with Gasteiger partial charge in [0.1, 0.15) is 12.4 Å². The zero-order valence-corrected chi connectivity index (χ0v) is 15.0. The number of nitrogens with one attached hydrogen (secondary N) is 2. The van der Waals surface area contributed by atoms with Crippen LogP contribution in [0.25, 0.3) is 0 Å². The predicted octanol–water partition coefficient (Wildman–Crippen LogP) is 4.42. The molecule has 0 bridgehead atoms. The molecular weight excluding hydrogens is 350 g/mol. The second-order valence-corrected chi connectivity index (χ2v) is 6.74. The summed E-state index contributed by atoms with van der Waals surface area (Å²) in [5, 5.41) is 10.7. The molecule has 4 rings (SSSR count). The minimum Gasteiger partial charge on any atom is -0.489 e. The Bertz CT molecular complexity index is 967. The summed E-state index contributed by atoms with van der Waals surface area (Å²) >= 11 is 6.23. The molecule has 1 amide bonds. The van der Waals surface area contributed by atoms with Crippen molar-refractivity contribution < 1.29 is 9.53 Å². The number of ether oxygens (including phenoxy) is 1. The summed E-state index contributed by atoms with van der Waals surface area (Å²) in [5.74, 6) is 1.21. The fourth-order valence-corrected chi connectivity index (χ4v) is 3.56. The second kappa shape index (κ2) is 6.84. The Labute approximate surface area is 156 Å². The topological polar surface area (TPSA) is 67.0 Å². The Kier molecular flexibility index (Phi) is 4.39. The number of carbonyl (C=O) groups is 1.